The summed E-state index contributed by atoms with van der Waals surface area (Å²) < 4.78 is 5.58. The zero-order chi connectivity index (χ0) is 16.2. The quantitative estimate of drug-likeness (QED) is 0.870. The van der Waals surface area contributed by atoms with Crippen LogP contribution in [0.25, 0.3) is 0 Å². The molecule has 0 radical (unpaired) electrons. The van der Waals surface area contributed by atoms with Gasteiger partial charge in [0.05, 0.1) is 18.8 Å². The Labute approximate surface area is 139 Å². The maximum atomic E-state index is 12.7. The minimum absolute atomic E-state index is 0.0714. The number of nitrogens with one attached hydrogen (secondary N) is 1. The lowest BCUT2D eigenvalue weighted by Gasteiger charge is -2.36. The van der Waals surface area contributed by atoms with Gasteiger partial charge in [-0.05, 0) is 31.5 Å². The number of ether oxygens (including phenoxy) is 1. The molecule has 1 saturated heterocycles. The maximum Gasteiger partial charge on any atom is 0.254 e. The van der Waals surface area contributed by atoms with Crippen LogP contribution in [0.15, 0.2) is 35.7 Å². The Morgan fingerprint density at radius 1 is 1.39 bits per heavy atom. The maximum absolute atomic E-state index is 12.7. The normalized spacial score (nSPS) is 21.4. The second kappa shape index (κ2) is 7.14. The zero-order valence-electron chi connectivity index (χ0n) is 13.2. The van der Waals surface area contributed by atoms with Gasteiger partial charge >= 0.3 is 0 Å². The molecule has 2 aromatic rings. The van der Waals surface area contributed by atoms with Gasteiger partial charge in [-0.25, -0.2) is 4.98 Å². The first kappa shape index (κ1) is 16.0. The van der Waals surface area contributed by atoms with E-state index in [9.17, 15) is 4.79 Å². The highest BCUT2D eigenvalue weighted by Gasteiger charge is 2.28. The molecule has 1 aromatic heterocycles. The van der Waals surface area contributed by atoms with Gasteiger partial charge in [0, 0.05) is 17.9 Å². The monoisotopic (exact) mass is 332 g/mol. The van der Waals surface area contributed by atoms with Crippen LogP contribution in [0.5, 0.6) is 0 Å². The molecule has 0 saturated carbocycles. The lowest BCUT2D eigenvalue weighted by atomic mass is 10.1. The van der Waals surface area contributed by atoms with Crippen molar-refractivity contribution in [3.05, 3.63) is 41.7 Å². The fourth-order valence-corrected chi connectivity index (χ4v) is 3.25. The summed E-state index contributed by atoms with van der Waals surface area (Å²) in [4.78, 5) is 18.6. The Morgan fingerprint density at radius 3 is 2.87 bits per heavy atom. The number of amides is 1. The van der Waals surface area contributed by atoms with Crippen molar-refractivity contribution >= 4 is 17.7 Å². The lowest BCUT2D eigenvalue weighted by Crippen LogP contribution is -2.50. The van der Waals surface area contributed by atoms with Crippen LogP contribution >= 0.6 is 11.8 Å². The van der Waals surface area contributed by atoms with Crippen molar-refractivity contribution in [3.8, 4) is 0 Å². The standard InChI is InChI=1S/C16H20N4O2S/c1-11-8-22-12(2)7-20(11)15(21)14-5-3-13(4-6-14)9-23-16-17-10-18-19-16/h3-6,10-12H,7-9H2,1-2H3,(H,17,18,19)/t11-,12+/m0/s1. The van der Waals surface area contributed by atoms with Crippen molar-refractivity contribution in [3.63, 3.8) is 0 Å². The Hall–Kier alpha value is -1.86. The molecule has 1 amide bonds. The predicted molar refractivity (Wildman–Crippen MR) is 88.3 cm³/mol. The molecule has 7 heteroatoms. The van der Waals surface area contributed by atoms with Crippen molar-refractivity contribution in [1.82, 2.24) is 20.1 Å². The molecule has 1 aliphatic rings. The van der Waals surface area contributed by atoms with E-state index in [0.29, 0.717) is 13.2 Å². The topological polar surface area (TPSA) is 71.1 Å². The molecule has 0 bridgehead atoms. The first-order chi connectivity index (χ1) is 11.1. The Kier molecular flexibility index (Phi) is 4.97. The van der Waals surface area contributed by atoms with Crippen LogP contribution in [-0.2, 0) is 10.5 Å². The summed E-state index contributed by atoms with van der Waals surface area (Å²) in [7, 11) is 0. The van der Waals surface area contributed by atoms with E-state index in [2.05, 4.69) is 15.2 Å². The number of hydrogen-bond donors (Lipinski definition) is 1. The zero-order valence-corrected chi connectivity index (χ0v) is 14.0. The van der Waals surface area contributed by atoms with Crippen molar-refractivity contribution in [2.45, 2.75) is 36.9 Å². The summed E-state index contributed by atoms with van der Waals surface area (Å²) in [6.07, 6.45) is 1.59. The second-order valence-corrected chi connectivity index (χ2v) is 6.69. The molecule has 1 fully saturated rings. The molecule has 122 valence electrons. The average molecular weight is 332 g/mol. The number of nitrogens with zero attached hydrogens (tertiary/aromatic N) is 3. The number of hydrogen-bond acceptors (Lipinski definition) is 5. The number of rotatable bonds is 4. The highest BCUT2D eigenvalue weighted by Crippen LogP contribution is 2.20. The van der Waals surface area contributed by atoms with E-state index in [0.717, 1.165) is 22.0 Å². The molecule has 23 heavy (non-hydrogen) atoms. The molecular formula is C16H20N4O2S. The minimum atomic E-state index is 0.0714. The van der Waals surface area contributed by atoms with Crippen LogP contribution < -0.4 is 0 Å². The van der Waals surface area contributed by atoms with Crippen molar-refractivity contribution in [1.29, 1.82) is 0 Å². The summed E-state index contributed by atoms with van der Waals surface area (Å²) in [6, 6.07) is 7.88. The summed E-state index contributed by atoms with van der Waals surface area (Å²) in [5.41, 5.74) is 1.87. The van der Waals surface area contributed by atoms with Crippen LogP contribution in [0.4, 0.5) is 0 Å². The molecule has 2 heterocycles. The molecule has 1 aromatic carbocycles. The SMILES string of the molecule is C[C@@H]1CN(C(=O)c2ccc(CSc3ncn[nH]3)cc2)[C@@H](C)CO1. The van der Waals surface area contributed by atoms with Gasteiger partial charge in [-0.2, -0.15) is 5.10 Å². The lowest BCUT2D eigenvalue weighted by molar-refractivity contribution is -0.0387. The first-order valence-corrected chi connectivity index (χ1v) is 8.61. The van der Waals surface area contributed by atoms with Gasteiger partial charge < -0.3 is 9.64 Å². The predicted octanol–water partition coefficient (Wildman–Crippen LogP) is 2.35. The van der Waals surface area contributed by atoms with Gasteiger partial charge in [0.1, 0.15) is 6.33 Å². The number of carbonyl (C=O) groups excluding carboxylic acids is 1. The number of morpholine rings is 1. The van der Waals surface area contributed by atoms with E-state index in [1.165, 1.54) is 6.33 Å². The molecule has 1 N–H and O–H groups in total. The third-order valence-corrected chi connectivity index (χ3v) is 4.79. The van der Waals surface area contributed by atoms with Gasteiger partial charge in [-0.15, -0.1) is 0 Å². The highest BCUT2D eigenvalue weighted by molar-refractivity contribution is 7.98. The van der Waals surface area contributed by atoms with Crippen molar-refractivity contribution in [2.75, 3.05) is 13.2 Å². The van der Waals surface area contributed by atoms with Gasteiger partial charge in [0.15, 0.2) is 5.16 Å². The van der Waals surface area contributed by atoms with E-state index < -0.39 is 0 Å². The molecule has 0 unspecified atom stereocenters. The summed E-state index contributed by atoms with van der Waals surface area (Å²) >= 11 is 1.58. The Morgan fingerprint density at radius 2 is 2.17 bits per heavy atom. The Bertz CT molecular complexity index is 645. The number of thioether (sulfide) groups is 1. The molecule has 0 spiro atoms. The smallest absolute Gasteiger partial charge is 0.254 e. The van der Waals surface area contributed by atoms with Gasteiger partial charge in [-0.1, -0.05) is 23.9 Å². The van der Waals surface area contributed by atoms with E-state index in [1.54, 1.807) is 11.8 Å². The second-order valence-electron chi connectivity index (χ2n) is 5.73. The van der Waals surface area contributed by atoms with Crippen LogP contribution in [0.3, 0.4) is 0 Å². The molecule has 0 aliphatic carbocycles. The largest absolute Gasteiger partial charge is 0.375 e. The highest BCUT2D eigenvalue weighted by atomic mass is 32.2. The van der Waals surface area contributed by atoms with E-state index in [4.69, 9.17) is 4.74 Å². The molecule has 3 rings (SSSR count). The average Bonchev–Trinajstić information content (AvgIpc) is 3.08. The van der Waals surface area contributed by atoms with Crippen LogP contribution in [0.2, 0.25) is 0 Å². The number of H-pyrrole nitrogens is 1. The summed E-state index contributed by atoms with van der Waals surface area (Å²) in [5, 5.41) is 7.43. The summed E-state index contributed by atoms with van der Waals surface area (Å²) in [6.45, 7) is 5.25. The molecule has 2 atom stereocenters. The molecule has 6 nitrogen and oxygen atoms in total. The third-order valence-electron chi connectivity index (χ3n) is 3.84. The number of aromatic amines is 1. The third kappa shape index (κ3) is 3.92. The summed E-state index contributed by atoms with van der Waals surface area (Å²) in [5.74, 6) is 0.858. The minimum Gasteiger partial charge on any atom is -0.375 e. The number of carbonyl (C=O) groups is 1. The van der Waals surface area contributed by atoms with Crippen LogP contribution in [0.1, 0.15) is 29.8 Å². The van der Waals surface area contributed by atoms with Crippen LogP contribution in [-0.4, -0.2) is 51.3 Å². The van der Waals surface area contributed by atoms with E-state index in [1.807, 2.05) is 43.0 Å². The van der Waals surface area contributed by atoms with Gasteiger partial charge in [-0.3, -0.25) is 9.89 Å². The van der Waals surface area contributed by atoms with E-state index in [-0.39, 0.29) is 18.1 Å². The molecule has 1 aliphatic heterocycles. The first-order valence-electron chi connectivity index (χ1n) is 7.63. The number of aromatic nitrogens is 3. The van der Waals surface area contributed by atoms with Gasteiger partial charge in [0.25, 0.3) is 5.91 Å². The molecular weight excluding hydrogens is 312 g/mol. The van der Waals surface area contributed by atoms with Crippen LogP contribution in [0, 0.1) is 0 Å². The van der Waals surface area contributed by atoms with Crippen molar-refractivity contribution < 1.29 is 9.53 Å². The van der Waals surface area contributed by atoms with Crippen molar-refractivity contribution in [2.24, 2.45) is 0 Å². The number of benzene rings is 1. The van der Waals surface area contributed by atoms with Gasteiger partial charge in [0.2, 0.25) is 0 Å². The Balaban J connectivity index is 1.63. The fraction of sp³-hybridized carbons (Fsp3) is 0.438. The van der Waals surface area contributed by atoms with E-state index >= 15 is 0 Å². The fourth-order valence-electron chi connectivity index (χ4n) is 2.51.